The molecule has 3 nitrogen and oxygen atoms in total. The lowest BCUT2D eigenvalue weighted by molar-refractivity contribution is 0.475. The molecule has 1 N–H and O–H groups in total. The van der Waals surface area contributed by atoms with Crippen LogP contribution in [-0.2, 0) is 0 Å². The molecule has 0 aliphatic carbocycles. The Labute approximate surface area is 90.4 Å². The highest BCUT2D eigenvalue weighted by Crippen LogP contribution is 2.38. The summed E-state index contributed by atoms with van der Waals surface area (Å²) < 4.78 is -0.217. The minimum atomic E-state index is -0.217. The van der Waals surface area contributed by atoms with E-state index in [4.69, 9.17) is 15.6 Å². The average Bonchev–Trinajstić information content (AvgIpc) is 2.19. The van der Waals surface area contributed by atoms with Gasteiger partial charge < -0.3 is 5.11 Å². The van der Waals surface area contributed by atoms with Crippen molar-refractivity contribution >= 4 is 23.5 Å². The number of phenolic OH excluding ortho intramolecular Hbond substituents is 1. The summed E-state index contributed by atoms with van der Waals surface area (Å²) in [6, 6.07) is 6.49. The van der Waals surface area contributed by atoms with Gasteiger partial charge in [0.05, 0.1) is 0 Å². The lowest BCUT2D eigenvalue weighted by Gasteiger charge is -2.07. The Kier molecular flexibility index (Phi) is 4.18. The van der Waals surface area contributed by atoms with E-state index < -0.39 is 0 Å². The average molecular weight is 222 g/mol. The third-order valence-electron chi connectivity index (χ3n) is 1.48. The third kappa shape index (κ3) is 2.88. The van der Waals surface area contributed by atoms with E-state index in [-0.39, 0.29) is 10.3 Å². The van der Waals surface area contributed by atoms with Gasteiger partial charge in [0.1, 0.15) is 21.1 Å². The van der Waals surface area contributed by atoms with Gasteiger partial charge in [-0.2, -0.15) is 10.5 Å². The Morgan fingerprint density at radius 2 is 1.57 bits per heavy atom. The number of thiocyanates is 2. The first-order chi connectivity index (χ1) is 6.77. The van der Waals surface area contributed by atoms with Crippen LogP contribution in [0.5, 0.6) is 5.75 Å². The maximum Gasteiger partial charge on any atom is 0.134 e. The van der Waals surface area contributed by atoms with Gasteiger partial charge in [-0.3, -0.25) is 0 Å². The summed E-state index contributed by atoms with van der Waals surface area (Å²) in [6.07, 6.45) is 0. The molecular formula is C9H6N2OS2. The molecule has 14 heavy (non-hydrogen) atoms. The van der Waals surface area contributed by atoms with Crippen molar-refractivity contribution in [1.82, 2.24) is 0 Å². The quantitative estimate of drug-likeness (QED) is 0.629. The molecule has 0 spiro atoms. The fourth-order valence-electron chi connectivity index (χ4n) is 0.887. The summed E-state index contributed by atoms with van der Waals surface area (Å²) in [7, 11) is 0. The van der Waals surface area contributed by atoms with Crippen molar-refractivity contribution in [3.8, 4) is 16.6 Å². The van der Waals surface area contributed by atoms with Crippen LogP contribution < -0.4 is 0 Å². The zero-order valence-electron chi connectivity index (χ0n) is 7.04. The molecule has 0 aliphatic heterocycles. The Morgan fingerprint density at radius 1 is 1.07 bits per heavy atom. The van der Waals surface area contributed by atoms with Gasteiger partial charge in [-0.25, -0.2) is 0 Å². The molecule has 0 bridgehead atoms. The van der Waals surface area contributed by atoms with Crippen LogP contribution in [0.2, 0.25) is 0 Å². The lowest BCUT2D eigenvalue weighted by atomic mass is 10.2. The summed E-state index contributed by atoms with van der Waals surface area (Å²) in [5.74, 6) is 0.177. The number of nitriles is 2. The zero-order chi connectivity index (χ0) is 10.4. The smallest absolute Gasteiger partial charge is 0.134 e. The predicted molar refractivity (Wildman–Crippen MR) is 57.3 cm³/mol. The van der Waals surface area contributed by atoms with Crippen LogP contribution in [-0.4, -0.2) is 5.11 Å². The molecule has 0 aliphatic rings. The predicted octanol–water partition coefficient (Wildman–Crippen LogP) is 2.82. The molecule has 70 valence electrons. The monoisotopic (exact) mass is 222 g/mol. The number of nitrogens with zero attached hydrogens (tertiary/aromatic N) is 2. The number of thioether (sulfide) groups is 2. The highest BCUT2D eigenvalue weighted by molar-refractivity contribution is 8.20. The highest BCUT2D eigenvalue weighted by atomic mass is 32.2. The van der Waals surface area contributed by atoms with Crippen LogP contribution in [0.15, 0.2) is 24.3 Å². The maximum atomic E-state index is 9.05. The molecule has 1 rings (SSSR count). The maximum absolute atomic E-state index is 9.05. The second-order valence-corrected chi connectivity index (χ2v) is 4.42. The third-order valence-corrected chi connectivity index (χ3v) is 3.25. The number of benzene rings is 1. The van der Waals surface area contributed by atoms with E-state index in [1.54, 1.807) is 12.1 Å². The van der Waals surface area contributed by atoms with Crippen molar-refractivity contribution in [2.75, 3.05) is 0 Å². The molecule has 1 aromatic rings. The van der Waals surface area contributed by atoms with Crippen molar-refractivity contribution in [2.24, 2.45) is 0 Å². The fraction of sp³-hybridized carbons (Fsp3) is 0.111. The van der Waals surface area contributed by atoms with Gasteiger partial charge in [0.25, 0.3) is 0 Å². The standard InChI is InChI=1S/C9H6N2OS2/c10-5-13-9(14-6-11)7-1-3-8(12)4-2-7/h1-4,9,12H. The van der Waals surface area contributed by atoms with Crippen LogP contribution >= 0.6 is 23.5 Å². The molecule has 0 heterocycles. The Balaban J connectivity index is 2.84. The summed E-state index contributed by atoms with van der Waals surface area (Å²) in [5, 5.41) is 30.0. The molecule has 0 saturated heterocycles. The number of rotatable bonds is 3. The van der Waals surface area contributed by atoms with Gasteiger partial charge in [0, 0.05) is 0 Å². The molecule has 5 heteroatoms. The van der Waals surface area contributed by atoms with Crippen molar-refractivity contribution in [2.45, 2.75) is 4.58 Å². The fourth-order valence-corrected chi connectivity index (χ4v) is 2.12. The first-order valence-electron chi connectivity index (χ1n) is 3.66. The molecule has 0 aromatic heterocycles. The van der Waals surface area contributed by atoms with E-state index in [1.807, 2.05) is 10.8 Å². The van der Waals surface area contributed by atoms with Gasteiger partial charge in [0.2, 0.25) is 0 Å². The van der Waals surface area contributed by atoms with Gasteiger partial charge >= 0.3 is 0 Å². The molecule has 0 saturated carbocycles. The van der Waals surface area contributed by atoms with E-state index in [1.165, 1.54) is 12.1 Å². The van der Waals surface area contributed by atoms with Crippen LogP contribution in [0, 0.1) is 21.3 Å². The first kappa shape index (κ1) is 10.8. The van der Waals surface area contributed by atoms with Crippen LogP contribution in [0.4, 0.5) is 0 Å². The molecule has 0 unspecified atom stereocenters. The second-order valence-electron chi connectivity index (χ2n) is 2.34. The van der Waals surface area contributed by atoms with Gasteiger partial charge in [0.15, 0.2) is 0 Å². The highest BCUT2D eigenvalue weighted by Gasteiger charge is 2.12. The Morgan fingerprint density at radius 3 is 2.00 bits per heavy atom. The van der Waals surface area contributed by atoms with Crippen molar-refractivity contribution in [3.05, 3.63) is 29.8 Å². The summed E-state index contributed by atoms with van der Waals surface area (Å²) in [4.78, 5) is 0. The second kappa shape index (κ2) is 5.43. The van der Waals surface area contributed by atoms with E-state index in [0.717, 1.165) is 29.1 Å². The molecule has 0 radical (unpaired) electrons. The minimum Gasteiger partial charge on any atom is -0.508 e. The Hall–Kier alpha value is -1.30. The number of hydrogen-bond donors (Lipinski definition) is 1. The van der Waals surface area contributed by atoms with Crippen LogP contribution in [0.3, 0.4) is 0 Å². The summed E-state index contributed by atoms with van der Waals surface area (Å²) in [5.41, 5.74) is 0.848. The van der Waals surface area contributed by atoms with Gasteiger partial charge in [-0.1, -0.05) is 12.1 Å². The van der Waals surface area contributed by atoms with Gasteiger partial charge in [-0.15, -0.1) is 0 Å². The number of hydrogen-bond acceptors (Lipinski definition) is 5. The SMILES string of the molecule is N#CSC(SC#N)c1ccc(O)cc1. The van der Waals surface area contributed by atoms with Crippen molar-refractivity contribution in [1.29, 1.82) is 10.5 Å². The zero-order valence-corrected chi connectivity index (χ0v) is 8.68. The molecular weight excluding hydrogens is 216 g/mol. The molecule has 0 fully saturated rings. The Bertz CT molecular complexity index is 361. The summed E-state index contributed by atoms with van der Waals surface area (Å²) >= 11 is 2.05. The molecule has 0 amide bonds. The summed E-state index contributed by atoms with van der Waals surface area (Å²) in [6.45, 7) is 0. The first-order valence-corrected chi connectivity index (χ1v) is 5.42. The van der Waals surface area contributed by atoms with Crippen molar-refractivity contribution < 1.29 is 5.11 Å². The van der Waals surface area contributed by atoms with Gasteiger partial charge in [-0.05, 0) is 41.2 Å². The minimum absolute atomic E-state index is 0.177. The van der Waals surface area contributed by atoms with Crippen LogP contribution in [0.1, 0.15) is 10.1 Å². The normalized spacial score (nSPS) is 9.36. The number of phenols is 1. The largest absolute Gasteiger partial charge is 0.508 e. The molecule has 1 aromatic carbocycles. The van der Waals surface area contributed by atoms with Crippen molar-refractivity contribution in [3.63, 3.8) is 0 Å². The lowest BCUT2D eigenvalue weighted by Crippen LogP contribution is -1.85. The van der Waals surface area contributed by atoms with E-state index >= 15 is 0 Å². The molecule has 0 atom stereocenters. The van der Waals surface area contributed by atoms with E-state index in [2.05, 4.69) is 0 Å². The van der Waals surface area contributed by atoms with Crippen LogP contribution in [0.25, 0.3) is 0 Å². The topological polar surface area (TPSA) is 67.8 Å². The number of aromatic hydroxyl groups is 1. The van der Waals surface area contributed by atoms with E-state index in [9.17, 15) is 0 Å². The van der Waals surface area contributed by atoms with E-state index in [0.29, 0.717) is 0 Å².